The number of nitrogens with zero attached hydrogens (tertiary/aromatic N) is 6. The zero-order chi connectivity index (χ0) is 15.3. The van der Waals surface area contributed by atoms with E-state index in [1.165, 1.54) is 16.4 Å². The van der Waals surface area contributed by atoms with Gasteiger partial charge in [0, 0.05) is 11.9 Å². The summed E-state index contributed by atoms with van der Waals surface area (Å²) >= 11 is 0. The van der Waals surface area contributed by atoms with Gasteiger partial charge in [0.1, 0.15) is 11.8 Å². The van der Waals surface area contributed by atoms with Crippen LogP contribution in [0.2, 0.25) is 0 Å². The lowest BCUT2D eigenvalue weighted by Crippen LogP contribution is -2.20. The first-order valence-electron chi connectivity index (χ1n) is 6.80. The Kier molecular flexibility index (Phi) is 2.56. The smallest absolute Gasteiger partial charge is 0.282 e. The van der Waals surface area contributed by atoms with Gasteiger partial charge in [0.05, 0.1) is 0 Å². The van der Waals surface area contributed by atoms with Gasteiger partial charge in [0.25, 0.3) is 11.3 Å². The van der Waals surface area contributed by atoms with Gasteiger partial charge in [-0.15, -0.1) is 10.2 Å². The number of pyridine rings is 1. The second-order valence-corrected chi connectivity index (χ2v) is 5.17. The van der Waals surface area contributed by atoms with E-state index >= 15 is 0 Å². The lowest BCUT2D eigenvalue weighted by molar-refractivity contribution is 0.913. The fourth-order valence-electron chi connectivity index (χ4n) is 2.43. The number of aryl methyl sites for hydroxylation is 2. The molecule has 0 bridgehead atoms. The number of aromatic nitrogens is 6. The molecule has 0 saturated carbocycles. The van der Waals surface area contributed by atoms with E-state index in [2.05, 4.69) is 20.3 Å². The van der Waals surface area contributed by atoms with Crippen LogP contribution >= 0.6 is 0 Å². The van der Waals surface area contributed by atoms with Gasteiger partial charge in [-0.1, -0.05) is 6.07 Å². The van der Waals surface area contributed by atoms with E-state index in [1.807, 2.05) is 32.0 Å². The highest BCUT2D eigenvalue weighted by atomic mass is 16.1. The lowest BCUT2D eigenvalue weighted by atomic mass is 10.1. The molecule has 0 aliphatic rings. The van der Waals surface area contributed by atoms with Crippen LogP contribution in [0.4, 0.5) is 0 Å². The van der Waals surface area contributed by atoms with Gasteiger partial charge < -0.3 is 0 Å². The summed E-state index contributed by atoms with van der Waals surface area (Å²) in [5.41, 5.74) is 3.73. The van der Waals surface area contributed by atoms with Gasteiger partial charge in [-0.3, -0.25) is 9.36 Å². The molecule has 0 amide bonds. The van der Waals surface area contributed by atoms with Crippen molar-refractivity contribution < 1.29 is 0 Å². The van der Waals surface area contributed by atoms with Crippen LogP contribution in [-0.2, 0) is 0 Å². The predicted molar refractivity (Wildman–Crippen MR) is 81.2 cm³/mol. The third-order valence-electron chi connectivity index (χ3n) is 3.81. The van der Waals surface area contributed by atoms with Crippen molar-refractivity contribution in [3.8, 4) is 5.69 Å². The highest BCUT2D eigenvalue weighted by Crippen LogP contribution is 2.14. The normalized spacial score (nSPS) is 11.4. The van der Waals surface area contributed by atoms with Crippen LogP contribution < -0.4 is 5.56 Å². The number of benzene rings is 1. The highest BCUT2D eigenvalue weighted by Gasteiger charge is 2.11. The highest BCUT2D eigenvalue weighted by molar-refractivity contribution is 5.74. The number of fused-ring (bicyclic) bond motifs is 3. The summed E-state index contributed by atoms with van der Waals surface area (Å²) in [5, 5.41) is 12.0. The Bertz CT molecular complexity index is 1080. The van der Waals surface area contributed by atoms with E-state index in [9.17, 15) is 4.79 Å². The molecule has 4 rings (SSSR count). The number of hydrogen-bond donors (Lipinski definition) is 0. The Hall–Kier alpha value is -3.09. The molecule has 1 aromatic carbocycles. The first-order chi connectivity index (χ1) is 10.6. The maximum Gasteiger partial charge on any atom is 0.285 e. The molecule has 3 heterocycles. The number of hydrogen-bond acceptors (Lipinski definition) is 5. The molecule has 22 heavy (non-hydrogen) atoms. The van der Waals surface area contributed by atoms with Gasteiger partial charge in [0.15, 0.2) is 5.52 Å². The summed E-state index contributed by atoms with van der Waals surface area (Å²) in [4.78, 5) is 16.7. The van der Waals surface area contributed by atoms with Crippen molar-refractivity contribution in [2.24, 2.45) is 0 Å². The molecule has 0 saturated heterocycles. The molecule has 0 unspecified atom stereocenters. The molecule has 108 valence electrons. The molecule has 0 spiro atoms. The first-order valence-corrected chi connectivity index (χ1v) is 6.80. The van der Waals surface area contributed by atoms with Crippen LogP contribution in [0.25, 0.3) is 22.5 Å². The van der Waals surface area contributed by atoms with Crippen molar-refractivity contribution in [2.75, 3.05) is 0 Å². The Balaban J connectivity index is 2.03. The van der Waals surface area contributed by atoms with E-state index in [0.717, 1.165) is 11.3 Å². The van der Waals surface area contributed by atoms with Crippen LogP contribution in [0.15, 0.2) is 41.6 Å². The van der Waals surface area contributed by atoms with E-state index in [0.29, 0.717) is 11.3 Å². The predicted octanol–water partition coefficient (Wildman–Crippen LogP) is 1.44. The molecule has 7 nitrogen and oxygen atoms in total. The largest absolute Gasteiger partial charge is 0.285 e. The summed E-state index contributed by atoms with van der Waals surface area (Å²) < 4.78 is 3.07. The van der Waals surface area contributed by atoms with Crippen molar-refractivity contribution in [1.82, 2.24) is 29.4 Å². The van der Waals surface area contributed by atoms with E-state index in [1.54, 1.807) is 16.8 Å². The van der Waals surface area contributed by atoms with Crippen LogP contribution in [0.3, 0.4) is 0 Å². The Morgan fingerprint density at radius 3 is 2.73 bits per heavy atom. The quantitative estimate of drug-likeness (QED) is 0.530. The average Bonchev–Trinajstić information content (AvgIpc) is 2.99. The lowest BCUT2D eigenvalue weighted by Gasteiger charge is -2.09. The van der Waals surface area contributed by atoms with Crippen LogP contribution in [0, 0.1) is 13.8 Å². The molecule has 0 fully saturated rings. The van der Waals surface area contributed by atoms with E-state index in [-0.39, 0.29) is 11.1 Å². The van der Waals surface area contributed by atoms with Crippen molar-refractivity contribution >= 4 is 16.8 Å². The monoisotopic (exact) mass is 292 g/mol. The summed E-state index contributed by atoms with van der Waals surface area (Å²) in [5.74, 6) is 0.371. The van der Waals surface area contributed by atoms with Crippen molar-refractivity contribution in [2.45, 2.75) is 13.8 Å². The Morgan fingerprint density at radius 1 is 1.05 bits per heavy atom. The minimum absolute atomic E-state index is 0.231. The van der Waals surface area contributed by atoms with Gasteiger partial charge in [-0.05, 0) is 43.2 Å². The molecule has 3 aromatic heterocycles. The molecule has 7 heteroatoms. The van der Waals surface area contributed by atoms with Crippen molar-refractivity contribution in [3.05, 3.63) is 58.3 Å². The summed E-state index contributed by atoms with van der Waals surface area (Å²) in [7, 11) is 0. The standard InChI is InChI=1S/C15H12N6O/c1-9-3-4-11(7-10(9)2)20-6-5-12-13(14(20)22)18-19-15-16-8-17-21(12)15/h3-8H,1-2H3. The maximum absolute atomic E-state index is 12.7. The van der Waals surface area contributed by atoms with Crippen LogP contribution in [-0.4, -0.2) is 29.4 Å². The summed E-state index contributed by atoms with van der Waals surface area (Å²) in [6.07, 6.45) is 3.11. The molecule has 0 aliphatic carbocycles. The summed E-state index contributed by atoms with van der Waals surface area (Å²) in [6, 6.07) is 7.68. The molecule has 0 N–H and O–H groups in total. The van der Waals surface area contributed by atoms with Crippen molar-refractivity contribution in [3.63, 3.8) is 0 Å². The SMILES string of the molecule is Cc1ccc(-n2ccc3c(nnc4ncnn43)c2=O)cc1C. The molecule has 0 radical (unpaired) electrons. The van der Waals surface area contributed by atoms with Crippen LogP contribution in [0.5, 0.6) is 0 Å². The molecular formula is C15H12N6O. The van der Waals surface area contributed by atoms with Crippen molar-refractivity contribution in [1.29, 1.82) is 0 Å². The zero-order valence-corrected chi connectivity index (χ0v) is 12.1. The number of rotatable bonds is 1. The minimum Gasteiger partial charge on any atom is -0.282 e. The van der Waals surface area contributed by atoms with Gasteiger partial charge in [-0.25, -0.2) is 0 Å². The molecule has 4 aromatic rings. The Labute approximate surface area is 124 Å². The fraction of sp³-hybridized carbons (Fsp3) is 0.133. The van der Waals surface area contributed by atoms with E-state index in [4.69, 9.17) is 0 Å². The molecule has 0 atom stereocenters. The van der Waals surface area contributed by atoms with Crippen LogP contribution in [0.1, 0.15) is 11.1 Å². The minimum atomic E-state index is -0.231. The Morgan fingerprint density at radius 2 is 1.91 bits per heavy atom. The van der Waals surface area contributed by atoms with E-state index < -0.39 is 0 Å². The maximum atomic E-state index is 12.7. The molecular weight excluding hydrogens is 280 g/mol. The third kappa shape index (κ3) is 1.72. The van der Waals surface area contributed by atoms with Gasteiger partial charge in [-0.2, -0.15) is 14.6 Å². The topological polar surface area (TPSA) is 78.0 Å². The second kappa shape index (κ2) is 4.45. The first kappa shape index (κ1) is 12.6. The fourth-order valence-corrected chi connectivity index (χ4v) is 2.43. The summed E-state index contributed by atoms with van der Waals surface area (Å²) in [6.45, 7) is 4.05. The van der Waals surface area contributed by atoms with Gasteiger partial charge >= 0.3 is 0 Å². The average molecular weight is 292 g/mol. The second-order valence-electron chi connectivity index (χ2n) is 5.17. The van der Waals surface area contributed by atoms with Gasteiger partial charge in [0.2, 0.25) is 0 Å². The zero-order valence-electron chi connectivity index (χ0n) is 12.1. The molecule has 0 aliphatic heterocycles. The third-order valence-corrected chi connectivity index (χ3v) is 3.81.